The van der Waals surface area contributed by atoms with E-state index in [1.54, 1.807) is 6.07 Å². The molecule has 3 heteroatoms. The van der Waals surface area contributed by atoms with E-state index in [2.05, 4.69) is 5.32 Å². The van der Waals surface area contributed by atoms with E-state index in [0.717, 1.165) is 18.5 Å². The van der Waals surface area contributed by atoms with Gasteiger partial charge in [-0.25, -0.2) is 4.39 Å². The second kappa shape index (κ2) is 4.28. The Kier molecular flexibility index (Phi) is 3.04. The number of benzene rings is 1. The molecule has 0 spiro atoms. The molecule has 14 heavy (non-hydrogen) atoms. The molecule has 0 aromatic heterocycles. The first-order valence-electron chi connectivity index (χ1n) is 4.96. The summed E-state index contributed by atoms with van der Waals surface area (Å²) in [6.45, 7) is 1.02. The third-order valence-corrected chi connectivity index (χ3v) is 2.96. The van der Waals surface area contributed by atoms with Crippen LogP contribution in [0.5, 0.6) is 0 Å². The van der Waals surface area contributed by atoms with Crippen molar-refractivity contribution in [1.82, 2.24) is 5.32 Å². The third-order valence-electron chi connectivity index (χ3n) is 2.66. The van der Waals surface area contributed by atoms with E-state index in [4.69, 9.17) is 11.6 Å². The predicted molar refractivity (Wildman–Crippen MR) is 56.0 cm³/mol. The lowest BCUT2D eigenvalue weighted by atomic mass is 9.98. The van der Waals surface area contributed by atoms with Crippen LogP contribution in [0.15, 0.2) is 18.2 Å². The molecule has 2 rings (SSSR count). The topological polar surface area (TPSA) is 12.0 Å². The lowest BCUT2D eigenvalue weighted by Crippen LogP contribution is -2.26. The first kappa shape index (κ1) is 9.94. The van der Waals surface area contributed by atoms with Crippen molar-refractivity contribution in [2.45, 2.75) is 25.3 Å². The highest BCUT2D eigenvalue weighted by molar-refractivity contribution is 6.30. The van der Waals surface area contributed by atoms with Crippen LogP contribution < -0.4 is 5.32 Å². The molecule has 1 atom stereocenters. The highest BCUT2D eigenvalue weighted by Gasteiger charge is 2.15. The Hall–Kier alpha value is -0.600. The van der Waals surface area contributed by atoms with Crippen molar-refractivity contribution in [3.8, 4) is 0 Å². The van der Waals surface area contributed by atoms with Crippen LogP contribution in [0.25, 0.3) is 0 Å². The van der Waals surface area contributed by atoms with Gasteiger partial charge in [-0.3, -0.25) is 0 Å². The number of hydrogen-bond donors (Lipinski definition) is 1. The van der Waals surface area contributed by atoms with Crippen molar-refractivity contribution >= 4 is 11.6 Å². The molecule has 1 aromatic rings. The zero-order valence-electron chi connectivity index (χ0n) is 7.89. The summed E-state index contributed by atoms with van der Waals surface area (Å²) in [6.07, 6.45) is 3.51. The van der Waals surface area contributed by atoms with Gasteiger partial charge < -0.3 is 5.32 Å². The molecule has 0 bridgehead atoms. The summed E-state index contributed by atoms with van der Waals surface area (Å²) < 4.78 is 13.2. The van der Waals surface area contributed by atoms with Crippen molar-refractivity contribution < 1.29 is 4.39 Å². The number of halogens is 2. The van der Waals surface area contributed by atoms with Crippen molar-refractivity contribution in [3.63, 3.8) is 0 Å². The van der Waals surface area contributed by atoms with Crippen LogP contribution in [0.1, 0.15) is 30.9 Å². The lowest BCUT2D eigenvalue weighted by molar-refractivity contribution is 0.411. The van der Waals surface area contributed by atoms with Gasteiger partial charge in [-0.05, 0) is 37.1 Å². The minimum atomic E-state index is -0.323. The maximum Gasteiger partial charge on any atom is 0.142 e. The molecule has 1 unspecified atom stereocenters. The lowest BCUT2D eigenvalue weighted by Gasteiger charge is -2.23. The molecule has 1 nitrogen and oxygen atoms in total. The van der Waals surface area contributed by atoms with Crippen LogP contribution in [0, 0.1) is 5.82 Å². The summed E-state index contributed by atoms with van der Waals surface area (Å²) in [4.78, 5) is 0. The Morgan fingerprint density at radius 2 is 2.21 bits per heavy atom. The monoisotopic (exact) mass is 213 g/mol. The largest absolute Gasteiger partial charge is 0.310 e. The fourth-order valence-corrected chi connectivity index (χ4v) is 1.98. The minimum Gasteiger partial charge on any atom is -0.310 e. The molecule has 1 heterocycles. The summed E-state index contributed by atoms with van der Waals surface area (Å²) >= 11 is 5.62. The van der Waals surface area contributed by atoms with Gasteiger partial charge in [-0.15, -0.1) is 0 Å². The van der Waals surface area contributed by atoms with E-state index in [1.165, 1.54) is 18.9 Å². The van der Waals surface area contributed by atoms with Gasteiger partial charge in [0.25, 0.3) is 0 Å². The molecule has 0 radical (unpaired) electrons. The summed E-state index contributed by atoms with van der Waals surface area (Å²) in [6, 6.07) is 5.36. The Balaban J connectivity index is 2.18. The molecule has 1 saturated heterocycles. The highest BCUT2D eigenvalue weighted by atomic mass is 35.5. The quantitative estimate of drug-likeness (QED) is 0.755. The van der Waals surface area contributed by atoms with Crippen molar-refractivity contribution in [1.29, 1.82) is 0 Å². The number of piperidine rings is 1. The van der Waals surface area contributed by atoms with Crippen LogP contribution in [0.4, 0.5) is 4.39 Å². The summed E-state index contributed by atoms with van der Waals surface area (Å²) in [5.41, 5.74) is 1.01. The van der Waals surface area contributed by atoms with Crippen LogP contribution in [-0.4, -0.2) is 6.54 Å². The average molecular weight is 214 g/mol. The maximum absolute atomic E-state index is 13.2. The molecule has 1 aliphatic rings. The smallest absolute Gasteiger partial charge is 0.142 e. The van der Waals surface area contributed by atoms with Gasteiger partial charge in [-0.1, -0.05) is 24.1 Å². The van der Waals surface area contributed by atoms with Crippen molar-refractivity contribution in [2.75, 3.05) is 6.54 Å². The summed E-state index contributed by atoms with van der Waals surface area (Å²) in [5.74, 6) is -0.323. The molecular formula is C11H13ClFN. The number of hydrogen-bond acceptors (Lipinski definition) is 1. The van der Waals surface area contributed by atoms with E-state index in [0.29, 0.717) is 6.04 Å². The van der Waals surface area contributed by atoms with Gasteiger partial charge in [0, 0.05) is 6.04 Å². The van der Waals surface area contributed by atoms with E-state index in [-0.39, 0.29) is 10.8 Å². The molecule has 0 aliphatic carbocycles. The Bertz CT molecular complexity index is 321. The number of rotatable bonds is 1. The fourth-order valence-electron chi connectivity index (χ4n) is 1.87. The summed E-state index contributed by atoms with van der Waals surface area (Å²) in [7, 11) is 0. The zero-order chi connectivity index (χ0) is 9.97. The van der Waals surface area contributed by atoms with Gasteiger partial charge >= 0.3 is 0 Å². The Labute approximate surface area is 88.3 Å². The fraction of sp³-hybridized carbons (Fsp3) is 0.455. The van der Waals surface area contributed by atoms with E-state index >= 15 is 0 Å². The van der Waals surface area contributed by atoms with E-state index in [1.807, 2.05) is 6.07 Å². The maximum atomic E-state index is 13.2. The standard InChI is InChI=1S/C11H13ClFN/c12-9-5-4-8(7-10(9)13)11-3-1-2-6-14-11/h4-5,7,11,14H,1-3,6H2. The van der Waals surface area contributed by atoms with Gasteiger partial charge in [0.05, 0.1) is 5.02 Å². The Morgan fingerprint density at radius 1 is 1.36 bits per heavy atom. The minimum absolute atomic E-state index is 0.199. The van der Waals surface area contributed by atoms with Crippen LogP contribution >= 0.6 is 11.6 Å². The first-order valence-corrected chi connectivity index (χ1v) is 5.33. The van der Waals surface area contributed by atoms with Crippen molar-refractivity contribution in [2.24, 2.45) is 0 Å². The van der Waals surface area contributed by atoms with E-state index in [9.17, 15) is 4.39 Å². The number of nitrogens with one attached hydrogen (secondary N) is 1. The van der Waals surface area contributed by atoms with Crippen LogP contribution in [0.2, 0.25) is 5.02 Å². The van der Waals surface area contributed by atoms with Gasteiger partial charge in [0.15, 0.2) is 0 Å². The molecular weight excluding hydrogens is 201 g/mol. The third kappa shape index (κ3) is 2.07. The van der Waals surface area contributed by atoms with Gasteiger partial charge in [-0.2, -0.15) is 0 Å². The molecule has 76 valence electrons. The SMILES string of the molecule is Fc1cc(C2CCCCN2)ccc1Cl. The second-order valence-corrected chi connectivity index (χ2v) is 4.08. The molecule has 1 fully saturated rings. The molecule has 0 amide bonds. The van der Waals surface area contributed by atoms with Gasteiger partial charge in [0.2, 0.25) is 0 Å². The normalized spacial score (nSPS) is 22.3. The second-order valence-electron chi connectivity index (χ2n) is 3.68. The van der Waals surface area contributed by atoms with Gasteiger partial charge in [0.1, 0.15) is 5.82 Å². The molecule has 1 aromatic carbocycles. The van der Waals surface area contributed by atoms with Crippen LogP contribution in [-0.2, 0) is 0 Å². The first-order chi connectivity index (χ1) is 6.77. The Morgan fingerprint density at radius 3 is 2.86 bits per heavy atom. The molecule has 0 saturated carbocycles. The zero-order valence-corrected chi connectivity index (χ0v) is 8.65. The van der Waals surface area contributed by atoms with E-state index < -0.39 is 0 Å². The molecule has 1 N–H and O–H groups in total. The summed E-state index contributed by atoms with van der Waals surface area (Å²) in [5, 5.41) is 3.57. The van der Waals surface area contributed by atoms with Crippen LogP contribution in [0.3, 0.4) is 0 Å². The average Bonchev–Trinajstić information content (AvgIpc) is 2.23. The van der Waals surface area contributed by atoms with Crippen molar-refractivity contribution in [3.05, 3.63) is 34.6 Å². The molecule has 1 aliphatic heterocycles. The predicted octanol–water partition coefficient (Wildman–Crippen LogP) is 3.29. The highest BCUT2D eigenvalue weighted by Crippen LogP contribution is 2.25.